The molecule has 0 spiro atoms. The standard InChI is InChI=1S/C11H20N4O3/c1-5-9-11(15(16)17)10(14(3)13-9)6-8(12-2)7-18-4/h8,12H,5-7H2,1-4H3. The van der Waals surface area contributed by atoms with E-state index < -0.39 is 0 Å². The lowest BCUT2D eigenvalue weighted by Gasteiger charge is -2.14. The average Bonchev–Trinajstić information content (AvgIpc) is 2.65. The maximum atomic E-state index is 11.1. The summed E-state index contributed by atoms with van der Waals surface area (Å²) in [5, 5.41) is 18.4. The second-order valence-corrected chi connectivity index (χ2v) is 4.12. The fraction of sp³-hybridized carbons (Fsp3) is 0.727. The van der Waals surface area contributed by atoms with Gasteiger partial charge in [0.1, 0.15) is 11.4 Å². The molecule has 0 fully saturated rings. The molecule has 0 saturated heterocycles. The molecule has 0 amide bonds. The number of ether oxygens (including phenoxy) is 1. The molecular formula is C11H20N4O3. The maximum Gasteiger partial charge on any atom is 0.313 e. The topological polar surface area (TPSA) is 82.2 Å². The van der Waals surface area contributed by atoms with Crippen LogP contribution in [-0.4, -0.2) is 41.5 Å². The molecule has 18 heavy (non-hydrogen) atoms. The molecule has 1 aromatic heterocycles. The normalized spacial score (nSPS) is 12.7. The van der Waals surface area contributed by atoms with Crippen molar-refractivity contribution in [1.82, 2.24) is 15.1 Å². The highest BCUT2D eigenvalue weighted by Gasteiger charge is 2.26. The highest BCUT2D eigenvalue weighted by Crippen LogP contribution is 2.24. The van der Waals surface area contributed by atoms with E-state index in [2.05, 4.69) is 10.4 Å². The van der Waals surface area contributed by atoms with Crippen LogP contribution in [0.2, 0.25) is 0 Å². The highest BCUT2D eigenvalue weighted by molar-refractivity contribution is 5.41. The van der Waals surface area contributed by atoms with Gasteiger partial charge in [0.05, 0.1) is 11.5 Å². The van der Waals surface area contributed by atoms with Crippen LogP contribution >= 0.6 is 0 Å². The fourth-order valence-corrected chi connectivity index (χ4v) is 1.97. The molecule has 0 saturated carbocycles. The first-order valence-electron chi connectivity index (χ1n) is 5.90. The number of rotatable bonds is 7. The summed E-state index contributed by atoms with van der Waals surface area (Å²) in [6.45, 7) is 2.37. The van der Waals surface area contributed by atoms with Gasteiger partial charge in [0, 0.05) is 26.6 Å². The summed E-state index contributed by atoms with van der Waals surface area (Å²) < 4.78 is 6.67. The number of aromatic nitrogens is 2. The zero-order chi connectivity index (χ0) is 13.7. The summed E-state index contributed by atoms with van der Waals surface area (Å²) in [6, 6.07) is 0.0359. The minimum absolute atomic E-state index is 0.0359. The van der Waals surface area contributed by atoms with Crippen molar-refractivity contribution in [1.29, 1.82) is 0 Å². The van der Waals surface area contributed by atoms with Crippen LogP contribution in [0.25, 0.3) is 0 Å². The van der Waals surface area contributed by atoms with Crippen LogP contribution in [0.4, 0.5) is 5.69 Å². The average molecular weight is 256 g/mol. The lowest BCUT2D eigenvalue weighted by atomic mass is 10.1. The van der Waals surface area contributed by atoms with Gasteiger partial charge in [-0.2, -0.15) is 5.10 Å². The van der Waals surface area contributed by atoms with Crippen LogP contribution < -0.4 is 5.32 Å². The number of nitrogens with zero attached hydrogens (tertiary/aromatic N) is 3. The Balaban J connectivity index is 3.06. The molecule has 0 aliphatic carbocycles. The third-order valence-corrected chi connectivity index (χ3v) is 2.94. The number of hydrogen-bond acceptors (Lipinski definition) is 5. The van der Waals surface area contributed by atoms with Gasteiger partial charge in [-0.25, -0.2) is 0 Å². The van der Waals surface area contributed by atoms with E-state index in [0.29, 0.717) is 30.8 Å². The SMILES string of the molecule is CCc1nn(C)c(CC(COC)NC)c1[N+](=O)[O-]. The molecule has 1 unspecified atom stereocenters. The Morgan fingerprint density at radius 3 is 2.72 bits per heavy atom. The van der Waals surface area contributed by atoms with Gasteiger partial charge < -0.3 is 10.1 Å². The molecule has 1 aromatic rings. The maximum absolute atomic E-state index is 11.1. The lowest BCUT2D eigenvalue weighted by molar-refractivity contribution is -0.386. The summed E-state index contributed by atoms with van der Waals surface area (Å²) in [7, 11) is 5.16. The van der Waals surface area contributed by atoms with E-state index in [1.165, 1.54) is 0 Å². The van der Waals surface area contributed by atoms with Crippen molar-refractivity contribution in [3.8, 4) is 0 Å². The predicted molar refractivity (Wildman–Crippen MR) is 67.7 cm³/mol. The van der Waals surface area contributed by atoms with Gasteiger partial charge in [-0.1, -0.05) is 6.92 Å². The van der Waals surface area contributed by atoms with Gasteiger partial charge in [-0.15, -0.1) is 0 Å². The summed E-state index contributed by atoms with van der Waals surface area (Å²) >= 11 is 0. The van der Waals surface area contributed by atoms with E-state index in [1.807, 2.05) is 14.0 Å². The van der Waals surface area contributed by atoms with E-state index in [-0.39, 0.29) is 16.7 Å². The molecule has 0 aromatic carbocycles. The number of aryl methyl sites for hydroxylation is 2. The first-order chi connectivity index (χ1) is 8.54. The largest absolute Gasteiger partial charge is 0.383 e. The van der Waals surface area contributed by atoms with Crippen molar-refractivity contribution in [2.45, 2.75) is 25.8 Å². The van der Waals surface area contributed by atoms with Crippen LogP contribution in [-0.2, 0) is 24.6 Å². The van der Waals surface area contributed by atoms with Crippen LogP contribution in [0.1, 0.15) is 18.3 Å². The van der Waals surface area contributed by atoms with Crippen molar-refractivity contribution >= 4 is 5.69 Å². The molecule has 1 rings (SSSR count). The first-order valence-corrected chi connectivity index (χ1v) is 5.90. The van der Waals surface area contributed by atoms with Crippen LogP contribution in [0.15, 0.2) is 0 Å². The fourth-order valence-electron chi connectivity index (χ4n) is 1.97. The van der Waals surface area contributed by atoms with Gasteiger partial charge in [0.25, 0.3) is 0 Å². The van der Waals surface area contributed by atoms with Crippen LogP contribution in [0, 0.1) is 10.1 Å². The van der Waals surface area contributed by atoms with Crippen molar-refractivity contribution in [2.24, 2.45) is 7.05 Å². The quantitative estimate of drug-likeness (QED) is 0.572. The Kier molecular flexibility index (Phi) is 5.24. The monoisotopic (exact) mass is 256 g/mol. The summed E-state index contributed by atoms with van der Waals surface area (Å²) in [5.74, 6) is 0. The van der Waals surface area contributed by atoms with Gasteiger partial charge in [0.2, 0.25) is 0 Å². The Morgan fingerprint density at radius 1 is 1.61 bits per heavy atom. The molecule has 1 heterocycles. The van der Waals surface area contributed by atoms with E-state index in [4.69, 9.17) is 4.74 Å². The molecule has 0 aliphatic heterocycles. The summed E-state index contributed by atoms with van der Waals surface area (Å²) in [6.07, 6.45) is 1.07. The molecule has 0 bridgehead atoms. The van der Waals surface area contributed by atoms with Crippen LogP contribution in [0.5, 0.6) is 0 Å². The highest BCUT2D eigenvalue weighted by atomic mass is 16.6. The minimum Gasteiger partial charge on any atom is -0.383 e. The molecule has 0 radical (unpaired) electrons. The van der Waals surface area contributed by atoms with Crippen molar-refractivity contribution in [2.75, 3.05) is 20.8 Å². The smallest absolute Gasteiger partial charge is 0.313 e. The number of hydrogen-bond donors (Lipinski definition) is 1. The van der Waals surface area contributed by atoms with Crippen molar-refractivity contribution < 1.29 is 9.66 Å². The predicted octanol–water partition coefficient (Wildman–Crippen LogP) is 0.668. The van der Waals surface area contributed by atoms with Crippen molar-refractivity contribution in [3.05, 3.63) is 21.5 Å². The Hall–Kier alpha value is -1.47. The van der Waals surface area contributed by atoms with Gasteiger partial charge >= 0.3 is 5.69 Å². The number of nitro groups is 1. The lowest BCUT2D eigenvalue weighted by Crippen LogP contribution is -2.33. The number of methoxy groups -OCH3 is 1. The van der Waals surface area contributed by atoms with E-state index in [0.717, 1.165) is 0 Å². The van der Waals surface area contributed by atoms with Gasteiger partial charge in [-0.05, 0) is 13.5 Å². The third-order valence-electron chi connectivity index (χ3n) is 2.94. The van der Waals surface area contributed by atoms with E-state index >= 15 is 0 Å². The molecule has 1 N–H and O–H groups in total. The molecule has 7 heteroatoms. The van der Waals surface area contributed by atoms with Crippen LogP contribution in [0.3, 0.4) is 0 Å². The molecule has 7 nitrogen and oxygen atoms in total. The minimum atomic E-state index is -0.347. The molecule has 1 atom stereocenters. The molecular weight excluding hydrogens is 236 g/mol. The Labute approximate surface area is 106 Å². The molecule has 0 aliphatic rings. The zero-order valence-electron chi connectivity index (χ0n) is 11.3. The number of likely N-dealkylation sites (N-methyl/N-ethyl adjacent to an activating group) is 1. The Morgan fingerprint density at radius 2 is 2.28 bits per heavy atom. The second-order valence-electron chi connectivity index (χ2n) is 4.12. The Bertz CT molecular complexity index is 417. The van der Waals surface area contributed by atoms with E-state index in [1.54, 1.807) is 18.8 Å². The van der Waals surface area contributed by atoms with Gasteiger partial charge in [0.15, 0.2) is 0 Å². The third kappa shape index (κ3) is 3.05. The first kappa shape index (κ1) is 14.6. The zero-order valence-corrected chi connectivity index (χ0v) is 11.3. The van der Waals surface area contributed by atoms with Gasteiger partial charge in [-0.3, -0.25) is 14.8 Å². The number of nitrogens with one attached hydrogen (secondary N) is 1. The van der Waals surface area contributed by atoms with E-state index in [9.17, 15) is 10.1 Å². The van der Waals surface area contributed by atoms with Crippen molar-refractivity contribution in [3.63, 3.8) is 0 Å². The summed E-state index contributed by atoms with van der Waals surface area (Å²) in [4.78, 5) is 10.8. The molecule has 102 valence electrons. The second kappa shape index (κ2) is 6.46. The summed E-state index contributed by atoms with van der Waals surface area (Å²) in [5.41, 5.74) is 1.30.